The molecule has 2 aromatic heterocycles. The van der Waals surface area contributed by atoms with Crippen LogP contribution in [0.1, 0.15) is 101 Å². The van der Waals surface area contributed by atoms with E-state index in [1.165, 1.54) is 33.6 Å². The van der Waals surface area contributed by atoms with E-state index in [4.69, 9.17) is 0 Å². The summed E-state index contributed by atoms with van der Waals surface area (Å²) in [6.45, 7) is 18.2. The van der Waals surface area contributed by atoms with Crippen LogP contribution in [-0.4, -0.2) is 9.13 Å². The molecule has 0 radical (unpaired) electrons. The van der Waals surface area contributed by atoms with Crippen LogP contribution in [0.25, 0.3) is 33.4 Å². The van der Waals surface area contributed by atoms with Gasteiger partial charge in [0, 0.05) is 11.0 Å². The molecule has 2 heterocycles. The highest BCUT2D eigenvalue weighted by Gasteiger charge is 2.21. The molecule has 0 atom stereocenters. The molecule has 0 N–H and O–H groups in total. The Balaban J connectivity index is 1.90. The number of hydrogen-bond donors (Lipinski definition) is 0. The molecule has 3 aromatic carbocycles. The molecule has 0 aliphatic heterocycles. The molecule has 198 valence electrons. The molecule has 0 spiro atoms. The van der Waals surface area contributed by atoms with Gasteiger partial charge in [-0.15, -0.1) is 0 Å². The third kappa shape index (κ3) is 4.15. The van der Waals surface area contributed by atoms with E-state index >= 15 is 0 Å². The Morgan fingerprint density at radius 2 is 0.842 bits per heavy atom. The van der Waals surface area contributed by atoms with Crippen molar-refractivity contribution >= 4 is 22.1 Å². The van der Waals surface area contributed by atoms with E-state index in [0.29, 0.717) is 23.7 Å². The molecule has 0 aliphatic carbocycles. The van der Waals surface area contributed by atoms with Crippen molar-refractivity contribution in [1.29, 1.82) is 0 Å². The third-order valence-corrected chi connectivity index (χ3v) is 7.91. The van der Waals surface area contributed by atoms with Crippen molar-refractivity contribution in [2.24, 2.45) is 14.1 Å². The summed E-state index contributed by atoms with van der Waals surface area (Å²) >= 11 is 0. The lowest BCUT2D eigenvalue weighted by Crippen LogP contribution is -2.28. The molecule has 0 amide bonds. The molecule has 0 fully saturated rings. The van der Waals surface area contributed by atoms with Gasteiger partial charge in [-0.05, 0) is 45.9 Å². The number of nitrogens with zero attached hydrogens (tertiary/aromatic N) is 4. The lowest BCUT2D eigenvalue weighted by atomic mass is 9.92. The zero-order valence-electron chi connectivity index (χ0n) is 24.7. The van der Waals surface area contributed by atoms with Gasteiger partial charge in [-0.25, -0.2) is 0 Å². The predicted octanol–water partition coefficient (Wildman–Crippen LogP) is 7.32. The molecule has 5 rings (SSSR count). The van der Waals surface area contributed by atoms with E-state index in [0.717, 1.165) is 22.1 Å². The van der Waals surface area contributed by atoms with E-state index in [1.54, 1.807) is 0 Å². The number of imidazole rings is 2. The molecule has 0 aliphatic rings. The number of hydrogen-bond acceptors (Lipinski definition) is 0. The van der Waals surface area contributed by atoms with Crippen molar-refractivity contribution in [1.82, 2.24) is 9.13 Å². The summed E-state index contributed by atoms with van der Waals surface area (Å²) in [4.78, 5) is 0. The molecule has 38 heavy (non-hydrogen) atoms. The first-order valence-electron chi connectivity index (χ1n) is 14.0. The molecule has 4 heteroatoms. The Labute approximate surface area is 228 Å². The molecular weight excluding hydrogens is 464 g/mol. The average Bonchev–Trinajstić information content (AvgIpc) is 3.37. The van der Waals surface area contributed by atoms with Crippen LogP contribution in [0.2, 0.25) is 0 Å². The second kappa shape index (κ2) is 9.72. The largest absolute Gasteiger partial charge is 0.319 e. The van der Waals surface area contributed by atoms with Crippen LogP contribution in [0.3, 0.4) is 0 Å². The first-order valence-corrected chi connectivity index (χ1v) is 14.0. The summed E-state index contributed by atoms with van der Waals surface area (Å²) < 4.78 is 8.87. The SMILES string of the molecule is CC(C)c1cccc(C(C)C)c1-n1[c-][n+](C)c2cc3c(cc21)n(-c1c(C(C)C)cccc1C(C)C)[c-][n+]3C. The molecule has 0 saturated carbocycles. The fourth-order valence-electron chi connectivity index (χ4n) is 5.85. The Bertz CT molecular complexity index is 1470. The van der Waals surface area contributed by atoms with Gasteiger partial charge < -0.3 is 18.3 Å². The van der Waals surface area contributed by atoms with Crippen molar-refractivity contribution in [3.8, 4) is 11.4 Å². The maximum absolute atomic E-state index is 3.67. The molecule has 5 aromatic rings. The summed E-state index contributed by atoms with van der Waals surface area (Å²) in [7, 11) is 4.20. The first-order chi connectivity index (χ1) is 18.0. The lowest BCUT2D eigenvalue weighted by Gasteiger charge is -2.22. The molecule has 0 bridgehead atoms. The fourth-order valence-corrected chi connectivity index (χ4v) is 5.85. The number of para-hydroxylation sites is 2. The minimum absolute atomic E-state index is 0.408. The summed E-state index contributed by atoms with van der Waals surface area (Å²) in [5, 5.41) is 0. The van der Waals surface area contributed by atoms with Crippen LogP contribution in [0.4, 0.5) is 0 Å². The van der Waals surface area contributed by atoms with E-state index in [2.05, 4.69) is 149 Å². The highest BCUT2D eigenvalue weighted by atomic mass is 15.2. The maximum Gasteiger partial charge on any atom is 0.244 e. The maximum atomic E-state index is 3.67. The second-order valence-electron chi connectivity index (χ2n) is 12.0. The number of aryl methyl sites for hydroxylation is 2. The summed E-state index contributed by atoms with van der Waals surface area (Å²) in [6.07, 6.45) is 7.33. The van der Waals surface area contributed by atoms with Crippen molar-refractivity contribution in [2.75, 3.05) is 0 Å². The predicted molar refractivity (Wildman–Crippen MR) is 156 cm³/mol. The standard InChI is InChI=1S/C34H42N4/c1-21(2)25-13-11-14-26(22(3)4)33(25)37-19-35(9)29-17-30-32(18-31(29)37)38(20-36(30)10)34-27(23(5)6)15-12-16-28(34)24(7)8/h11-18,21-24H,1-10H3. The summed E-state index contributed by atoms with van der Waals surface area (Å²) in [5.41, 5.74) is 12.6. The highest BCUT2D eigenvalue weighted by Crippen LogP contribution is 2.36. The van der Waals surface area contributed by atoms with Crippen molar-refractivity contribution < 1.29 is 9.13 Å². The Hall–Kier alpha value is -3.40. The van der Waals surface area contributed by atoms with Crippen LogP contribution < -0.4 is 9.13 Å². The van der Waals surface area contributed by atoms with E-state index in [-0.39, 0.29) is 0 Å². The van der Waals surface area contributed by atoms with Gasteiger partial charge in [-0.1, -0.05) is 104 Å². The molecule has 4 nitrogen and oxygen atoms in total. The smallest absolute Gasteiger partial charge is 0.244 e. The van der Waals surface area contributed by atoms with Gasteiger partial charge >= 0.3 is 0 Å². The normalized spacial score (nSPS) is 12.4. The molecule has 0 unspecified atom stereocenters. The minimum atomic E-state index is 0.408. The highest BCUT2D eigenvalue weighted by molar-refractivity contribution is 5.90. The van der Waals surface area contributed by atoms with Gasteiger partial charge in [0.05, 0.1) is 36.5 Å². The minimum Gasteiger partial charge on any atom is -0.319 e. The van der Waals surface area contributed by atoms with Gasteiger partial charge in [0.15, 0.2) is 0 Å². The lowest BCUT2D eigenvalue weighted by molar-refractivity contribution is -0.653. The van der Waals surface area contributed by atoms with E-state index < -0.39 is 0 Å². The van der Waals surface area contributed by atoms with Crippen LogP contribution in [0, 0.1) is 12.7 Å². The summed E-state index contributed by atoms with van der Waals surface area (Å²) in [5.74, 6) is 1.63. The van der Waals surface area contributed by atoms with Gasteiger partial charge in [-0.3, -0.25) is 0 Å². The van der Waals surface area contributed by atoms with Gasteiger partial charge in [0.2, 0.25) is 12.7 Å². The number of benzene rings is 3. The first kappa shape index (κ1) is 26.2. The van der Waals surface area contributed by atoms with E-state index in [9.17, 15) is 0 Å². The number of rotatable bonds is 6. The van der Waals surface area contributed by atoms with Crippen molar-refractivity contribution in [3.63, 3.8) is 0 Å². The van der Waals surface area contributed by atoms with Crippen molar-refractivity contribution in [3.05, 3.63) is 83.4 Å². The summed E-state index contributed by atoms with van der Waals surface area (Å²) in [6, 6.07) is 18.1. The van der Waals surface area contributed by atoms with Gasteiger partial charge in [0.1, 0.15) is 0 Å². The van der Waals surface area contributed by atoms with Crippen LogP contribution in [0.5, 0.6) is 0 Å². The van der Waals surface area contributed by atoms with Gasteiger partial charge in [-0.2, -0.15) is 0 Å². The fraction of sp³-hybridized carbons (Fsp3) is 0.412. The zero-order chi connectivity index (χ0) is 27.5. The molecular formula is C34H42N4. The van der Waals surface area contributed by atoms with Crippen LogP contribution >= 0.6 is 0 Å². The second-order valence-corrected chi connectivity index (χ2v) is 12.0. The van der Waals surface area contributed by atoms with Gasteiger partial charge in [0.25, 0.3) is 0 Å². The number of aromatic nitrogens is 4. The Morgan fingerprint density at radius 1 is 0.526 bits per heavy atom. The monoisotopic (exact) mass is 506 g/mol. The topological polar surface area (TPSA) is 17.6 Å². The van der Waals surface area contributed by atoms with Crippen LogP contribution in [0.15, 0.2) is 48.5 Å². The van der Waals surface area contributed by atoms with E-state index in [1.807, 2.05) is 0 Å². The molecule has 0 saturated heterocycles. The number of fused-ring (bicyclic) bond motifs is 2. The Morgan fingerprint density at radius 3 is 1.13 bits per heavy atom. The average molecular weight is 507 g/mol. The zero-order valence-corrected chi connectivity index (χ0v) is 24.7. The van der Waals surface area contributed by atoms with Crippen molar-refractivity contribution in [2.45, 2.75) is 79.1 Å². The third-order valence-electron chi connectivity index (χ3n) is 7.91. The quantitative estimate of drug-likeness (QED) is 0.170. The van der Waals surface area contributed by atoms with Crippen LogP contribution in [-0.2, 0) is 14.1 Å². The Kier molecular flexibility index (Phi) is 6.71.